The van der Waals surface area contributed by atoms with Gasteiger partial charge in [0.1, 0.15) is 12.1 Å². The summed E-state index contributed by atoms with van der Waals surface area (Å²) in [6, 6.07) is -1.69. The number of hydrogen-bond acceptors (Lipinski definition) is 4. The number of nitrogens with zero attached hydrogens (tertiary/aromatic N) is 3. The van der Waals surface area contributed by atoms with Gasteiger partial charge in [0.15, 0.2) is 5.83 Å². The molecule has 1 aliphatic carbocycles. The molecule has 1 atom stereocenters. The Hall–Kier alpha value is -2.18. The maximum atomic E-state index is 13.1. The van der Waals surface area contributed by atoms with Gasteiger partial charge < -0.3 is 0 Å². The molecule has 1 amide bonds. The molecule has 0 aromatic rings. The molecule has 7 heteroatoms. The summed E-state index contributed by atoms with van der Waals surface area (Å²) >= 11 is 0. The highest BCUT2D eigenvalue weighted by Crippen LogP contribution is 2.22. The minimum atomic E-state index is -1.69. The number of halogens is 1. The molecule has 0 saturated carbocycles. The molecule has 0 aromatic carbocycles. The highest BCUT2D eigenvalue weighted by molar-refractivity contribution is 6.29. The van der Waals surface area contributed by atoms with Crippen LogP contribution >= 0.6 is 0 Å². The van der Waals surface area contributed by atoms with E-state index >= 15 is 0 Å². The Balaban J connectivity index is 2.54. The van der Waals surface area contributed by atoms with Crippen LogP contribution in [0.1, 0.15) is 0 Å². The lowest BCUT2D eigenvalue weighted by atomic mass is 9.96. The van der Waals surface area contributed by atoms with Crippen LogP contribution in [0.2, 0.25) is 0 Å². The van der Waals surface area contributed by atoms with E-state index in [4.69, 9.17) is 0 Å². The van der Waals surface area contributed by atoms with Gasteiger partial charge in [0, 0.05) is 4.92 Å². The van der Waals surface area contributed by atoms with Crippen LogP contribution in [0, 0.1) is 10.1 Å². The average molecular weight is 209 g/mol. The van der Waals surface area contributed by atoms with Crippen molar-refractivity contribution in [2.45, 2.75) is 6.04 Å². The summed E-state index contributed by atoms with van der Waals surface area (Å²) in [7, 11) is 0. The van der Waals surface area contributed by atoms with Crippen molar-refractivity contribution in [1.82, 2.24) is 0 Å². The van der Waals surface area contributed by atoms with Crippen molar-refractivity contribution in [3.63, 3.8) is 0 Å². The van der Waals surface area contributed by atoms with Gasteiger partial charge >= 0.3 is 6.04 Å². The SMILES string of the molecule is O=C1N=CN=C2C1=CC=C(F)C2[N+](=O)[O-]. The van der Waals surface area contributed by atoms with E-state index in [2.05, 4.69) is 9.98 Å². The van der Waals surface area contributed by atoms with Crippen LogP contribution in [0.15, 0.2) is 33.5 Å². The van der Waals surface area contributed by atoms with Gasteiger partial charge in [0.2, 0.25) is 0 Å². The summed E-state index contributed by atoms with van der Waals surface area (Å²) in [5, 5.41) is 10.6. The molecule has 15 heavy (non-hydrogen) atoms. The fourth-order valence-electron chi connectivity index (χ4n) is 1.35. The molecule has 76 valence electrons. The standard InChI is InChI=1S/C8H4FN3O3/c9-5-2-1-4-6(7(5)12(14)15)10-3-11-8(4)13/h1-3,7H. The summed E-state index contributed by atoms with van der Waals surface area (Å²) in [6.45, 7) is 0. The number of hydrogen-bond donors (Lipinski definition) is 0. The van der Waals surface area contributed by atoms with Crippen LogP contribution in [-0.2, 0) is 4.79 Å². The molecule has 2 aliphatic rings. The largest absolute Gasteiger partial charge is 0.306 e. The Kier molecular flexibility index (Phi) is 2.00. The van der Waals surface area contributed by atoms with Gasteiger partial charge in [0.05, 0.1) is 5.57 Å². The van der Waals surface area contributed by atoms with E-state index in [0.717, 1.165) is 18.5 Å². The molecule has 2 rings (SSSR count). The van der Waals surface area contributed by atoms with E-state index in [1.807, 2.05) is 0 Å². The highest BCUT2D eigenvalue weighted by atomic mass is 19.1. The Morgan fingerprint density at radius 3 is 2.87 bits per heavy atom. The third-order valence-corrected chi connectivity index (χ3v) is 2.02. The Morgan fingerprint density at radius 1 is 1.47 bits per heavy atom. The minimum absolute atomic E-state index is 0.0272. The number of amides is 1. The molecule has 0 aromatic heterocycles. The van der Waals surface area contributed by atoms with Crippen molar-refractivity contribution in [2.24, 2.45) is 9.98 Å². The second-order valence-electron chi connectivity index (χ2n) is 2.88. The number of carbonyl (C=O) groups is 1. The van der Waals surface area contributed by atoms with Crippen LogP contribution in [0.4, 0.5) is 4.39 Å². The Labute approximate surface area is 82.7 Å². The third kappa shape index (κ3) is 1.37. The molecule has 1 heterocycles. The minimum Gasteiger partial charge on any atom is -0.267 e. The highest BCUT2D eigenvalue weighted by Gasteiger charge is 2.39. The average Bonchev–Trinajstić information content (AvgIpc) is 2.17. The topological polar surface area (TPSA) is 84.9 Å². The molecular formula is C8H4FN3O3. The molecule has 0 fully saturated rings. The van der Waals surface area contributed by atoms with Gasteiger partial charge in [-0.3, -0.25) is 14.9 Å². The lowest BCUT2D eigenvalue weighted by Gasteiger charge is -2.16. The molecule has 1 aliphatic heterocycles. The van der Waals surface area contributed by atoms with Crippen LogP contribution in [0.3, 0.4) is 0 Å². The Morgan fingerprint density at radius 2 is 2.20 bits per heavy atom. The van der Waals surface area contributed by atoms with E-state index in [-0.39, 0.29) is 11.3 Å². The number of carbonyl (C=O) groups excluding carboxylic acids is 1. The van der Waals surface area contributed by atoms with Crippen molar-refractivity contribution < 1.29 is 14.1 Å². The van der Waals surface area contributed by atoms with E-state index in [1.54, 1.807) is 0 Å². The molecule has 6 nitrogen and oxygen atoms in total. The van der Waals surface area contributed by atoms with Crippen molar-refractivity contribution in [3.8, 4) is 0 Å². The van der Waals surface area contributed by atoms with Crippen LogP contribution in [0.5, 0.6) is 0 Å². The van der Waals surface area contributed by atoms with Crippen molar-refractivity contribution in [3.05, 3.63) is 33.7 Å². The van der Waals surface area contributed by atoms with Crippen molar-refractivity contribution >= 4 is 18.0 Å². The van der Waals surface area contributed by atoms with Gasteiger partial charge in [-0.25, -0.2) is 9.38 Å². The quantitative estimate of drug-likeness (QED) is 0.463. The van der Waals surface area contributed by atoms with Gasteiger partial charge in [-0.05, 0) is 12.2 Å². The van der Waals surface area contributed by atoms with E-state index in [9.17, 15) is 19.3 Å². The number of fused-ring (bicyclic) bond motifs is 1. The Bertz CT molecular complexity index is 476. The van der Waals surface area contributed by atoms with E-state index in [1.165, 1.54) is 0 Å². The molecule has 0 N–H and O–H groups in total. The van der Waals surface area contributed by atoms with E-state index < -0.39 is 22.7 Å². The summed E-state index contributed by atoms with van der Waals surface area (Å²) in [6.07, 6.45) is 2.93. The zero-order valence-electron chi connectivity index (χ0n) is 7.25. The van der Waals surface area contributed by atoms with Crippen LogP contribution in [-0.4, -0.2) is 28.9 Å². The molecule has 0 bridgehead atoms. The molecule has 0 saturated heterocycles. The molecular weight excluding hydrogens is 205 g/mol. The molecule has 1 unspecified atom stereocenters. The van der Waals surface area contributed by atoms with E-state index in [0.29, 0.717) is 0 Å². The van der Waals surface area contributed by atoms with Gasteiger partial charge in [-0.15, -0.1) is 0 Å². The zero-order chi connectivity index (χ0) is 11.0. The first-order valence-electron chi connectivity index (χ1n) is 3.97. The summed E-state index contributed by atoms with van der Waals surface area (Å²) in [5.74, 6) is -1.58. The zero-order valence-corrected chi connectivity index (χ0v) is 7.25. The number of allylic oxidation sites excluding steroid dienone is 2. The van der Waals surface area contributed by atoms with Gasteiger partial charge in [0.25, 0.3) is 5.91 Å². The predicted molar refractivity (Wildman–Crippen MR) is 49.0 cm³/mol. The molecule has 0 radical (unpaired) electrons. The summed E-state index contributed by atoms with van der Waals surface area (Å²) in [4.78, 5) is 27.8. The fourth-order valence-corrected chi connectivity index (χ4v) is 1.35. The smallest absolute Gasteiger partial charge is 0.267 e. The second kappa shape index (κ2) is 3.19. The third-order valence-electron chi connectivity index (χ3n) is 2.02. The molecule has 0 spiro atoms. The van der Waals surface area contributed by atoms with Crippen LogP contribution in [0.25, 0.3) is 0 Å². The van der Waals surface area contributed by atoms with Gasteiger partial charge in [-0.1, -0.05) is 0 Å². The van der Waals surface area contributed by atoms with Crippen molar-refractivity contribution in [1.29, 1.82) is 0 Å². The monoisotopic (exact) mass is 209 g/mol. The second-order valence-corrected chi connectivity index (χ2v) is 2.88. The summed E-state index contributed by atoms with van der Waals surface area (Å²) in [5.41, 5.74) is -0.222. The lowest BCUT2D eigenvalue weighted by Crippen LogP contribution is -2.36. The predicted octanol–water partition coefficient (Wildman–Crippen LogP) is 0.435. The van der Waals surface area contributed by atoms with Gasteiger partial charge in [-0.2, -0.15) is 4.99 Å². The number of rotatable bonds is 1. The van der Waals surface area contributed by atoms with Crippen molar-refractivity contribution in [2.75, 3.05) is 0 Å². The number of aliphatic imine (C=N–C) groups is 2. The lowest BCUT2D eigenvalue weighted by molar-refractivity contribution is -0.495. The fraction of sp³-hybridized carbons (Fsp3) is 0.125. The summed E-state index contributed by atoms with van der Waals surface area (Å²) < 4.78 is 13.1. The normalized spacial score (nSPS) is 23.9. The maximum Gasteiger partial charge on any atom is 0.306 e. The maximum absolute atomic E-state index is 13.1. The first kappa shape index (κ1) is 9.38. The first-order valence-corrected chi connectivity index (χ1v) is 3.97. The first-order chi connectivity index (χ1) is 7.11. The van der Waals surface area contributed by atoms with Crippen LogP contribution < -0.4 is 0 Å². The number of nitro groups is 1.